The third-order valence-corrected chi connectivity index (χ3v) is 1.11. The van der Waals surface area contributed by atoms with Crippen molar-refractivity contribution in [3.8, 4) is 0 Å². The van der Waals surface area contributed by atoms with Crippen LogP contribution in [0.4, 0.5) is 9.59 Å². The summed E-state index contributed by atoms with van der Waals surface area (Å²) in [7, 11) is 0. The normalized spacial score (nSPS) is 8.77. The third kappa shape index (κ3) is 3.59. The van der Waals surface area contributed by atoms with Gasteiger partial charge in [-0.25, -0.2) is 9.59 Å². The summed E-state index contributed by atoms with van der Waals surface area (Å²) in [5.41, 5.74) is 0. The van der Waals surface area contributed by atoms with Gasteiger partial charge >= 0.3 is 12.2 Å². The fraction of sp³-hybridized carbons (Fsp3) is 0.500. The number of imide groups is 1. The number of amides is 2. The van der Waals surface area contributed by atoms with E-state index in [-0.39, 0.29) is 13.2 Å². The molecule has 5 nitrogen and oxygen atoms in total. The van der Waals surface area contributed by atoms with Crippen molar-refractivity contribution >= 4 is 12.2 Å². The summed E-state index contributed by atoms with van der Waals surface area (Å²) in [4.78, 5) is 22.7. The first-order valence-electron chi connectivity index (χ1n) is 3.92. The summed E-state index contributed by atoms with van der Waals surface area (Å²) in [6, 6.07) is 0. The molecule has 5 heteroatoms. The minimum Gasteiger partial charge on any atom is -0.449 e. The smallest absolute Gasteiger partial charge is 0.423 e. The van der Waals surface area contributed by atoms with Crippen molar-refractivity contribution in [2.75, 3.05) is 13.2 Å². The lowest BCUT2D eigenvalue weighted by molar-refractivity contribution is 0.0957. The Balaban J connectivity index is 4.23. The molecular formula is C8H13NO4. The second-order valence-electron chi connectivity index (χ2n) is 1.95. The van der Waals surface area contributed by atoms with Gasteiger partial charge in [-0.1, -0.05) is 6.58 Å². The quantitative estimate of drug-likeness (QED) is 0.675. The summed E-state index contributed by atoms with van der Waals surface area (Å²) >= 11 is 0. The number of hydrogen-bond donors (Lipinski definition) is 0. The van der Waals surface area contributed by atoms with Gasteiger partial charge in [-0.05, 0) is 13.8 Å². The highest BCUT2D eigenvalue weighted by Gasteiger charge is 2.20. The van der Waals surface area contributed by atoms with Crippen LogP contribution in [0.3, 0.4) is 0 Å². The van der Waals surface area contributed by atoms with E-state index in [0.717, 1.165) is 6.20 Å². The van der Waals surface area contributed by atoms with Crippen LogP contribution in [0.5, 0.6) is 0 Å². The number of nitrogens with zero attached hydrogens (tertiary/aromatic N) is 1. The highest BCUT2D eigenvalue weighted by molar-refractivity contribution is 5.88. The zero-order valence-electron chi connectivity index (χ0n) is 7.78. The highest BCUT2D eigenvalue weighted by Crippen LogP contribution is 1.98. The van der Waals surface area contributed by atoms with Crippen molar-refractivity contribution in [2.45, 2.75) is 13.8 Å². The molecule has 74 valence electrons. The fourth-order valence-corrected chi connectivity index (χ4v) is 0.610. The maximum absolute atomic E-state index is 11.0. The lowest BCUT2D eigenvalue weighted by Gasteiger charge is -2.14. The molecule has 0 aliphatic carbocycles. The zero-order chi connectivity index (χ0) is 10.3. The number of ether oxygens (including phenoxy) is 2. The van der Waals surface area contributed by atoms with Gasteiger partial charge in [0, 0.05) is 6.20 Å². The minimum absolute atomic E-state index is 0.197. The van der Waals surface area contributed by atoms with Crippen LogP contribution in [-0.4, -0.2) is 30.3 Å². The molecule has 0 fully saturated rings. The van der Waals surface area contributed by atoms with Gasteiger partial charge in [0.1, 0.15) is 0 Å². The Hall–Kier alpha value is -1.52. The number of hydrogen-bond acceptors (Lipinski definition) is 4. The standard InChI is InChI=1S/C8H13NO4/c1-4-9(7(10)12-5-2)8(11)13-6-3/h4H,1,5-6H2,2-3H3. The Morgan fingerprint density at radius 1 is 1.23 bits per heavy atom. The molecule has 13 heavy (non-hydrogen) atoms. The molecule has 2 amide bonds. The molecule has 0 bridgehead atoms. The van der Waals surface area contributed by atoms with Crippen LogP contribution in [0.15, 0.2) is 12.8 Å². The second-order valence-corrected chi connectivity index (χ2v) is 1.95. The van der Waals surface area contributed by atoms with Gasteiger partial charge in [-0.3, -0.25) is 0 Å². The van der Waals surface area contributed by atoms with Crippen molar-refractivity contribution in [3.05, 3.63) is 12.8 Å². The summed E-state index contributed by atoms with van der Waals surface area (Å²) in [5.74, 6) is 0. The molecule has 0 aliphatic heterocycles. The van der Waals surface area contributed by atoms with Crippen molar-refractivity contribution in [1.29, 1.82) is 0 Å². The lowest BCUT2D eigenvalue weighted by Crippen LogP contribution is -2.33. The van der Waals surface area contributed by atoms with Crippen molar-refractivity contribution in [3.63, 3.8) is 0 Å². The molecule has 0 spiro atoms. The largest absolute Gasteiger partial charge is 0.449 e. The van der Waals surface area contributed by atoms with Crippen LogP contribution >= 0.6 is 0 Å². The van der Waals surface area contributed by atoms with Gasteiger partial charge in [0.2, 0.25) is 0 Å². The summed E-state index contributed by atoms with van der Waals surface area (Å²) < 4.78 is 9.15. The highest BCUT2D eigenvalue weighted by atomic mass is 16.6. The Bertz CT molecular complexity index is 184. The van der Waals surface area contributed by atoms with E-state index in [0.29, 0.717) is 4.90 Å². The van der Waals surface area contributed by atoms with E-state index in [1.807, 2.05) is 0 Å². The average Bonchev–Trinajstić information content (AvgIpc) is 2.06. The number of rotatable bonds is 3. The van der Waals surface area contributed by atoms with E-state index >= 15 is 0 Å². The molecule has 0 aromatic carbocycles. The van der Waals surface area contributed by atoms with Crippen LogP contribution in [0.2, 0.25) is 0 Å². The minimum atomic E-state index is -0.782. The molecule has 0 saturated heterocycles. The molecule has 0 aromatic heterocycles. The fourth-order valence-electron chi connectivity index (χ4n) is 0.610. The summed E-state index contributed by atoms with van der Waals surface area (Å²) in [5, 5.41) is 0. The molecule has 0 aliphatic rings. The molecule has 0 N–H and O–H groups in total. The Morgan fingerprint density at radius 2 is 1.62 bits per heavy atom. The van der Waals surface area contributed by atoms with E-state index in [1.54, 1.807) is 13.8 Å². The zero-order valence-corrected chi connectivity index (χ0v) is 7.78. The predicted molar refractivity (Wildman–Crippen MR) is 46.1 cm³/mol. The van der Waals surface area contributed by atoms with Gasteiger partial charge in [0.15, 0.2) is 0 Å². The molecule has 0 atom stereocenters. The molecule has 0 saturated carbocycles. The predicted octanol–water partition coefficient (Wildman–Crippen LogP) is 1.74. The average molecular weight is 187 g/mol. The van der Waals surface area contributed by atoms with E-state index in [4.69, 9.17) is 0 Å². The van der Waals surface area contributed by atoms with E-state index < -0.39 is 12.2 Å². The van der Waals surface area contributed by atoms with Gasteiger partial charge in [-0.2, -0.15) is 4.90 Å². The Morgan fingerprint density at radius 3 is 1.85 bits per heavy atom. The van der Waals surface area contributed by atoms with Gasteiger partial charge in [-0.15, -0.1) is 0 Å². The van der Waals surface area contributed by atoms with E-state index in [1.165, 1.54) is 0 Å². The van der Waals surface area contributed by atoms with Crippen LogP contribution in [0.1, 0.15) is 13.8 Å². The Labute approximate surface area is 76.9 Å². The van der Waals surface area contributed by atoms with E-state index in [9.17, 15) is 9.59 Å². The third-order valence-electron chi connectivity index (χ3n) is 1.11. The van der Waals surface area contributed by atoms with Crippen molar-refractivity contribution in [2.24, 2.45) is 0 Å². The van der Waals surface area contributed by atoms with Gasteiger partial charge in [0.25, 0.3) is 0 Å². The number of carbonyl (C=O) groups is 2. The van der Waals surface area contributed by atoms with Crippen LogP contribution in [0, 0.1) is 0 Å². The molecule has 0 rings (SSSR count). The first-order chi connectivity index (χ1) is 6.17. The van der Waals surface area contributed by atoms with Crippen LogP contribution in [-0.2, 0) is 9.47 Å². The summed E-state index contributed by atoms with van der Waals surface area (Å²) in [6.45, 7) is 6.97. The lowest BCUT2D eigenvalue weighted by atomic mass is 10.7. The van der Waals surface area contributed by atoms with Crippen molar-refractivity contribution in [1.82, 2.24) is 4.90 Å². The van der Waals surface area contributed by atoms with Crippen LogP contribution < -0.4 is 0 Å². The summed E-state index contributed by atoms with van der Waals surface area (Å²) in [6.07, 6.45) is -0.511. The molecule has 0 heterocycles. The molecular weight excluding hydrogens is 174 g/mol. The maximum atomic E-state index is 11.0. The maximum Gasteiger partial charge on any atom is 0.423 e. The topological polar surface area (TPSA) is 55.8 Å². The number of carbonyl (C=O) groups excluding carboxylic acids is 2. The molecule has 0 radical (unpaired) electrons. The van der Waals surface area contributed by atoms with E-state index in [2.05, 4.69) is 16.1 Å². The first kappa shape index (κ1) is 11.5. The first-order valence-corrected chi connectivity index (χ1v) is 3.92. The Kier molecular flexibility index (Phi) is 5.34. The van der Waals surface area contributed by atoms with Crippen LogP contribution in [0.25, 0.3) is 0 Å². The molecule has 0 unspecified atom stereocenters. The van der Waals surface area contributed by atoms with Gasteiger partial charge in [0.05, 0.1) is 13.2 Å². The monoisotopic (exact) mass is 187 g/mol. The molecule has 0 aromatic rings. The van der Waals surface area contributed by atoms with Crippen molar-refractivity contribution < 1.29 is 19.1 Å². The second kappa shape index (κ2) is 6.05. The van der Waals surface area contributed by atoms with Gasteiger partial charge < -0.3 is 9.47 Å². The SMILES string of the molecule is C=CN(C(=O)OCC)C(=O)OCC.